The molecule has 1 heterocycles. The van der Waals surface area contributed by atoms with Gasteiger partial charge in [0.1, 0.15) is 0 Å². The van der Waals surface area contributed by atoms with E-state index in [1.54, 1.807) is 6.21 Å². The van der Waals surface area contributed by atoms with Gasteiger partial charge in [-0.3, -0.25) is 0 Å². The van der Waals surface area contributed by atoms with Gasteiger partial charge in [-0.15, -0.1) is 0 Å². The van der Waals surface area contributed by atoms with Crippen LogP contribution in [0.4, 0.5) is 0 Å². The lowest BCUT2D eigenvalue weighted by Crippen LogP contribution is -2.41. The summed E-state index contributed by atoms with van der Waals surface area (Å²) in [7, 11) is 0. The maximum absolute atomic E-state index is 5.83. The Balaban J connectivity index is 2.80. The number of hydrogen-bond acceptors (Lipinski definition) is 2. The van der Waals surface area contributed by atoms with Gasteiger partial charge < -0.3 is 5.43 Å². The lowest BCUT2D eigenvalue weighted by Gasteiger charge is -2.29. The van der Waals surface area contributed by atoms with Crippen molar-refractivity contribution in [2.24, 2.45) is 5.10 Å². The van der Waals surface area contributed by atoms with Crippen LogP contribution < -0.4 is 5.43 Å². The van der Waals surface area contributed by atoms with Crippen LogP contribution in [0.25, 0.3) is 0 Å². The molecule has 62 valence electrons. The van der Waals surface area contributed by atoms with Gasteiger partial charge in [0.15, 0.2) is 0 Å². The molecule has 3 heteroatoms. The van der Waals surface area contributed by atoms with Crippen molar-refractivity contribution in [1.29, 1.82) is 0 Å². The van der Waals surface area contributed by atoms with E-state index in [0.717, 1.165) is 17.9 Å². The Bertz CT molecular complexity index is 192. The van der Waals surface area contributed by atoms with Crippen molar-refractivity contribution in [3.05, 3.63) is 11.1 Å². The Hall–Kier alpha value is -0.500. The van der Waals surface area contributed by atoms with E-state index < -0.39 is 0 Å². The molecule has 1 rings (SSSR count). The number of hydrazone groups is 1. The minimum atomic E-state index is -0.00810. The summed E-state index contributed by atoms with van der Waals surface area (Å²) in [6, 6.07) is 0. The zero-order chi connectivity index (χ0) is 8.32. The lowest BCUT2D eigenvalue weighted by molar-refractivity contribution is 0.383. The third-order valence-electron chi connectivity index (χ3n) is 2.15. The molecule has 0 bridgehead atoms. The molecule has 0 aliphatic carbocycles. The predicted molar refractivity (Wildman–Crippen MR) is 48.9 cm³/mol. The van der Waals surface area contributed by atoms with E-state index in [1.807, 2.05) is 6.08 Å². The first kappa shape index (κ1) is 8.60. The van der Waals surface area contributed by atoms with Crippen molar-refractivity contribution in [1.82, 2.24) is 5.43 Å². The van der Waals surface area contributed by atoms with Gasteiger partial charge >= 0.3 is 0 Å². The largest absolute Gasteiger partial charge is 0.300 e. The van der Waals surface area contributed by atoms with Gasteiger partial charge in [-0.25, -0.2) is 0 Å². The van der Waals surface area contributed by atoms with E-state index in [4.69, 9.17) is 11.6 Å². The van der Waals surface area contributed by atoms with Gasteiger partial charge in [0.2, 0.25) is 0 Å². The van der Waals surface area contributed by atoms with E-state index in [0.29, 0.717) is 0 Å². The van der Waals surface area contributed by atoms with Gasteiger partial charge in [0, 0.05) is 0 Å². The molecule has 0 spiro atoms. The van der Waals surface area contributed by atoms with Crippen LogP contribution in [0, 0.1) is 0 Å². The summed E-state index contributed by atoms with van der Waals surface area (Å²) >= 11 is 5.83. The van der Waals surface area contributed by atoms with E-state index in [9.17, 15) is 0 Å². The van der Waals surface area contributed by atoms with Crippen molar-refractivity contribution in [3.8, 4) is 0 Å². The summed E-state index contributed by atoms with van der Waals surface area (Å²) < 4.78 is 0. The maximum atomic E-state index is 5.83. The number of hydrogen-bond donors (Lipinski definition) is 1. The van der Waals surface area contributed by atoms with Crippen LogP contribution in [0.15, 0.2) is 16.2 Å². The molecule has 0 fully saturated rings. The first-order valence-electron chi connectivity index (χ1n) is 3.91. The Kier molecular flexibility index (Phi) is 2.55. The summed E-state index contributed by atoms with van der Waals surface area (Å²) in [5, 5.41) is 4.71. The summed E-state index contributed by atoms with van der Waals surface area (Å²) in [6.07, 6.45) is 5.68. The molecule has 0 aromatic heterocycles. The highest BCUT2D eigenvalue weighted by atomic mass is 35.5. The number of halogens is 1. The molecule has 2 nitrogen and oxygen atoms in total. The van der Waals surface area contributed by atoms with E-state index in [-0.39, 0.29) is 5.54 Å². The molecule has 1 N–H and O–H groups in total. The molecular weight excluding hydrogens is 160 g/mol. The van der Waals surface area contributed by atoms with Gasteiger partial charge in [-0.05, 0) is 18.9 Å². The molecule has 1 aliphatic rings. The Labute approximate surface area is 72.3 Å². The fraction of sp³-hybridized carbons (Fsp3) is 0.625. The molecule has 0 unspecified atom stereocenters. The van der Waals surface area contributed by atoms with Crippen molar-refractivity contribution in [2.75, 3.05) is 0 Å². The number of nitrogens with zero attached hydrogens (tertiary/aromatic N) is 1. The molecule has 0 saturated carbocycles. The van der Waals surface area contributed by atoms with Crippen LogP contribution in [0.3, 0.4) is 0 Å². The predicted octanol–water partition coefficient (Wildman–Crippen LogP) is 2.26. The summed E-state index contributed by atoms with van der Waals surface area (Å²) in [5.41, 5.74) is 3.06. The number of rotatable bonds is 2. The van der Waals surface area contributed by atoms with Crippen molar-refractivity contribution in [2.45, 2.75) is 32.2 Å². The highest BCUT2D eigenvalue weighted by molar-refractivity contribution is 6.39. The standard InChI is InChI=1S/C8H13ClN2/c1-3-8(4-2)5-7(9)6-10-11-8/h5-6,11H,3-4H2,1-2H3. The molecule has 0 radical (unpaired) electrons. The zero-order valence-electron chi connectivity index (χ0n) is 6.89. The van der Waals surface area contributed by atoms with Crippen LogP contribution in [0.2, 0.25) is 0 Å². The zero-order valence-corrected chi connectivity index (χ0v) is 7.65. The molecule has 0 amide bonds. The monoisotopic (exact) mass is 172 g/mol. The van der Waals surface area contributed by atoms with Crippen molar-refractivity contribution < 1.29 is 0 Å². The average molecular weight is 173 g/mol. The minimum absolute atomic E-state index is 0.00810. The molecule has 11 heavy (non-hydrogen) atoms. The van der Waals surface area contributed by atoms with Crippen molar-refractivity contribution >= 4 is 17.8 Å². The summed E-state index contributed by atoms with van der Waals surface area (Å²) in [4.78, 5) is 0. The first-order chi connectivity index (χ1) is 5.22. The summed E-state index contributed by atoms with van der Waals surface area (Å²) in [6.45, 7) is 4.25. The molecule has 0 saturated heterocycles. The van der Waals surface area contributed by atoms with Gasteiger partial charge in [0.25, 0.3) is 0 Å². The van der Waals surface area contributed by atoms with E-state index in [2.05, 4.69) is 24.4 Å². The quantitative estimate of drug-likeness (QED) is 0.679. The summed E-state index contributed by atoms with van der Waals surface area (Å²) in [5.74, 6) is 0. The van der Waals surface area contributed by atoms with Crippen LogP contribution in [-0.2, 0) is 0 Å². The third-order valence-corrected chi connectivity index (χ3v) is 2.36. The highest BCUT2D eigenvalue weighted by Gasteiger charge is 2.24. The van der Waals surface area contributed by atoms with E-state index in [1.165, 1.54) is 0 Å². The van der Waals surface area contributed by atoms with E-state index >= 15 is 0 Å². The minimum Gasteiger partial charge on any atom is -0.300 e. The Morgan fingerprint density at radius 3 is 2.55 bits per heavy atom. The fourth-order valence-electron chi connectivity index (χ4n) is 1.17. The molecular formula is C8H13ClN2. The Morgan fingerprint density at radius 2 is 2.18 bits per heavy atom. The molecule has 1 aliphatic heterocycles. The first-order valence-corrected chi connectivity index (χ1v) is 4.29. The van der Waals surface area contributed by atoms with Crippen LogP contribution in [0.1, 0.15) is 26.7 Å². The topological polar surface area (TPSA) is 24.4 Å². The van der Waals surface area contributed by atoms with Crippen LogP contribution in [-0.4, -0.2) is 11.8 Å². The lowest BCUT2D eigenvalue weighted by atomic mass is 9.93. The Morgan fingerprint density at radius 1 is 1.55 bits per heavy atom. The second-order valence-electron chi connectivity index (χ2n) is 2.76. The molecule has 0 aromatic carbocycles. The second kappa shape index (κ2) is 3.26. The number of allylic oxidation sites excluding steroid dienone is 1. The molecule has 0 atom stereocenters. The van der Waals surface area contributed by atoms with Crippen molar-refractivity contribution in [3.63, 3.8) is 0 Å². The normalized spacial score (nSPS) is 20.8. The SMILES string of the molecule is CCC1(CC)C=C(Cl)C=NN1. The van der Waals surface area contributed by atoms with Crippen LogP contribution >= 0.6 is 11.6 Å². The molecule has 0 aromatic rings. The number of nitrogens with one attached hydrogen (secondary N) is 1. The highest BCUT2D eigenvalue weighted by Crippen LogP contribution is 2.22. The van der Waals surface area contributed by atoms with Gasteiger partial charge in [-0.1, -0.05) is 25.4 Å². The van der Waals surface area contributed by atoms with Gasteiger partial charge in [-0.2, -0.15) is 5.10 Å². The fourth-order valence-corrected chi connectivity index (χ4v) is 1.43. The smallest absolute Gasteiger partial charge is 0.0740 e. The average Bonchev–Trinajstić information content (AvgIpc) is 2.04. The third kappa shape index (κ3) is 1.74. The maximum Gasteiger partial charge on any atom is 0.0740 e. The van der Waals surface area contributed by atoms with Crippen LogP contribution in [0.5, 0.6) is 0 Å². The second-order valence-corrected chi connectivity index (χ2v) is 3.20. The van der Waals surface area contributed by atoms with Gasteiger partial charge in [0.05, 0.1) is 16.8 Å².